The van der Waals surface area contributed by atoms with E-state index in [1.165, 1.54) is 12.0 Å². The van der Waals surface area contributed by atoms with Gasteiger partial charge in [0.15, 0.2) is 0 Å². The quantitative estimate of drug-likeness (QED) is 0.374. The maximum atomic E-state index is 12.3. The minimum Gasteiger partial charge on any atom is -0.469 e. The first-order chi connectivity index (χ1) is 11.9. The number of β-lactam (4-membered cyclic amide) rings is 1. The zero-order chi connectivity index (χ0) is 18.1. The van der Waals surface area contributed by atoms with Gasteiger partial charge >= 0.3 is 5.97 Å². The van der Waals surface area contributed by atoms with Gasteiger partial charge in [0.05, 0.1) is 13.0 Å². The van der Waals surface area contributed by atoms with Crippen molar-refractivity contribution >= 4 is 46.7 Å². The number of carbonyl (C=O) groups is 3. The summed E-state index contributed by atoms with van der Waals surface area (Å²) in [5.74, 6) is -2.10. The van der Waals surface area contributed by atoms with E-state index in [4.69, 9.17) is 23.2 Å². The highest BCUT2D eigenvalue weighted by Gasteiger charge is 2.43. The summed E-state index contributed by atoms with van der Waals surface area (Å²) in [4.78, 5) is 37.5. The van der Waals surface area contributed by atoms with Crippen LogP contribution >= 0.6 is 23.2 Å². The van der Waals surface area contributed by atoms with Gasteiger partial charge < -0.3 is 15.0 Å². The van der Waals surface area contributed by atoms with Gasteiger partial charge in [-0.05, 0) is 24.6 Å². The number of carbonyl (C=O) groups excluding carboxylic acids is 3. The lowest BCUT2D eigenvalue weighted by atomic mass is 9.96. The first kappa shape index (κ1) is 17.8. The maximum absolute atomic E-state index is 12.3. The summed E-state index contributed by atoms with van der Waals surface area (Å²) in [7, 11) is 1.33. The summed E-state index contributed by atoms with van der Waals surface area (Å²) >= 11 is 11.9. The average molecular weight is 383 g/mol. The molecule has 1 aromatic rings. The van der Waals surface area contributed by atoms with Gasteiger partial charge in [-0.2, -0.15) is 0 Å². The van der Waals surface area contributed by atoms with Crippen molar-refractivity contribution in [2.45, 2.75) is 12.5 Å². The Balaban J connectivity index is 1.56. The highest BCUT2D eigenvalue weighted by atomic mass is 35.5. The van der Waals surface area contributed by atoms with Gasteiger partial charge in [-0.3, -0.25) is 14.4 Å². The molecule has 1 heterocycles. The fraction of sp³-hybridized carbons (Fsp3) is 0.353. The van der Waals surface area contributed by atoms with Crippen molar-refractivity contribution in [2.24, 2.45) is 11.8 Å². The molecule has 1 aliphatic carbocycles. The van der Waals surface area contributed by atoms with Gasteiger partial charge in [-0.15, -0.1) is 0 Å². The summed E-state index contributed by atoms with van der Waals surface area (Å²) in [6, 6.07) is 4.55. The molecule has 6 nitrogen and oxygen atoms in total. The number of amides is 2. The van der Waals surface area contributed by atoms with Gasteiger partial charge in [0, 0.05) is 28.3 Å². The Kier molecular flexibility index (Phi) is 5.01. The third-order valence-corrected chi connectivity index (χ3v) is 4.76. The first-order valence-electron chi connectivity index (χ1n) is 7.73. The lowest BCUT2D eigenvalue weighted by Crippen LogP contribution is -2.59. The Hall–Kier alpha value is -2.05. The van der Waals surface area contributed by atoms with E-state index in [1.54, 1.807) is 30.4 Å². The van der Waals surface area contributed by atoms with Crippen LogP contribution in [0.4, 0.5) is 5.69 Å². The molecule has 1 fully saturated rings. The largest absolute Gasteiger partial charge is 0.469 e. The van der Waals surface area contributed by atoms with Gasteiger partial charge in [0.2, 0.25) is 11.8 Å². The average Bonchev–Trinajstić information content (AvgIpc) is 3.00. The molecule has 3 atom stereocenters. The van der Waals surface area contributed by atoms with Crippen LogP contribution in [-0.4, -0.2) is 37.5 Å². The highest BCUT2D eigenvalue weighted by molar-refractivity contribution is 6.35. The predicted octanol–water partition coefficient (Wildman–Crippen LogP) is 2.19. The van der Waals surface area contributed by atoms with Crippen LogP contribution in [0.25, 0.3) is 0 Å². The zero-order valence-corrected chi connectivity index (χ0v) is 14.9. The molecular formula is C17H16Cl2N2O4. The van der Waals surface area contributed by atoms with Crippen LogP contribution in [0.5, 0.6) is 0 Å². The molecule has 0 spiro atoms. The van der Waals surface area contributed by atoms with Crippen molar-refractivity contribution in [3.63, 3.8) is 0 Å². The molecule has 0 bridgehead atoms. The third kappa shape index (κ3) is 3.65. The van der Waals surface area contributed by atoms with E-state index < -0.39 is 5.92 Å². The number of esters is 1. The van der Waals surface area contributed by atoms with E-state index in [0.29, 0.717) is 22.2 Å². The molecule has 0 radical (unpaired) electrons. The first-order valence-corrected chi connectivity index (χ1v) is 8.48. The van der Waals surface area contributed by atoms with Crippen LogP contribution in [0.3, 0.4) is 0 Å². The van der Waals surface area contributed by atoms with Gasteiger partial charge in [-0.25, -0.2) is 0 Å². The Morgan fingerprint density at radius 3 is 2.48 bits per heavy atom. The van der Waals surface area contributed by atoms with Crippen molar-refractivity contribution in [2.75, 3.05) is 18.6 Å². The number of ether oxygens (including phenoxy) is 1. The normalized spacial score (nSPS) is 24.8. The van der Waals surface area contributed by atoms with Crippen LogP contribution in [0.2, 0.25) is 10.0 Å². The Bertz CT molecular complexity index is 745. The summed E-state index contributed by atoms with van der Waals surface area (Å²) in [6.07, 6.45) is 3.89. The summed E-state index contributed by atoms with van der Waals surface area (Å²) in [6.45, 7) is 0.262. The molecule has 0 saturated carbocycles. The molecule has 1 N–H and O–H groups in total. The number of benzene rings is 1. The van der Waals surface area contributed by atoms with Crippen molar-refractivity contribution in [1.29, 1.82) is 0 Å². The SMILES string of the molecule is COC(=O)[C@@H]1C=C[C@H](NC(=O)C2CN(c3cc(Cl)cc(Cl)c3)C2=O)C1. The molecule has 1 aromatic carbocycles. The monoisotopic (exact) mass is 382 g/mol. The van der Waals surface area contributed by atoms with Gasteiger partial charge in [0.1, 0.15) is 5.92 Å². The fourth-order valence-corrected chi connectivity index (χ4v) is 3.48. The summed E-state index contributed by atoms with van der Waals surface area (Å²) in [5, 5.41) is 3.63. The predicted molar refractivity (Wildman–Crippen MR) is 93.5 cm³/mol. The molecule has 132 valence electrons. The number of methoxy groups -OCH3 is 1. The van der Waals surface area contributed by atoms with E-state index >= 15 is 0 Å². The van der Waals surface area contributed by atoms with Crippen LogP contribution in [0.1, 0.15) is 6.42 Å². The number of nitrogens with zero attached hydrogens (tertiary/aromatic N) is 1. The number of rotatable bonds is 4. The minimum absolute atomic E-state index is 0.262. The molecule has 1 unspecified atom stereocenters. The zero-order valence-electron chi connectivity index (χ0n) is 13.4. The van der Waals surface area contributed by atoms with Gasteiger partial charge in [-0.1, -0.05) is 35.4 Å². The van der Waals surface area contributed by atoms with E-state index in [1.807, 2.05) is 0 Å². The van der Waals surface area contributed by atoms with Crippen LogP contribution < -0.4 is 10.2 Å². The van der Waals surface area contributed by atoms with Crippen LogP contribution in [0.15, 0.2) is 30.4 Å². The van der Waals surface area contributed by atoms with E-state index in [0.717, 1.165) is 0 Å². The number of halogens is 2. The van der Waals surface area contributed by atoms with Crippen molar-refractivity contribution in [1.82, 2.24) is 5.32 Å². The lowest BCUT2D eigenvalue weighted by molar-refractivity contribution is -0.144. The number of hydrogen-bond donors (Lipinski definition) is 1. The Morgan fingerprint density at radius 2 is 1.88 bits per heavy atom. The third-order valence-electron chi connectivity index (χ3n) is 4.32. The van der Waals surface area contributed by atoms with E-state index in [9.17, 15) is 14.4 Å². The smallest absolute Gasteiger partial charge is 0.312 e. The van der Waals surface area contributed by atoms with Crippen LogP contribution in [-0.2, 0) is 19.1 Å². The van der Waals surface area contributed by atoms with Crippen molar-refractivity contribution in [3.05, 3.63) is 40.4 Å². The topological polar surface area (TPSA) is 75.7 Å². The van der Waals surface area contributed by atoms with Gasteiger partial charge in [0.25, 0.3) is 0 Å². The van der Waals surface area contributed by atoms with Crippen molar-refractivity contribution < 1.29 is 19.1 Å². The second-order valence-electron chi connectivity index (χ2n) is 5.99. The second-order valence-corrected chi connectivity index (χ2v) is 6.87. The van der Waals surface area contributed by atoms with E-state index in [2.05, 4.69) is 10.1 Å². The molecule has 2 amide bonds. The van der Waals surface area contributed by atoms with E-state index in [-0.39, 0.29) is 36.3 Å². The minimum atomic E-state index is -0.747. The van der Waals surface area contributed by atoms with Crippen LogP contribution in [0, 0.1) is 11.8 Å². The molecule has 3 rings (SSSR count). The molecule has 1 aliphatic heterocycles. The molecule has 8 heteroatoms. The Labute approximate surface area is 154 Å². The molecule has 25 heavy (non-hydrogen) atoms. The Morgan fingerprint density at radius 1 is 1.20 bits per heavy atom. The number of hydrogen-bond acceptors (Lipinski definition) is 4. The highest BCUT2D eigenvalue weighted by Crippen LogP contribution is 2.31. The number of anilines is 1. The summed E-state index contributed by atoms with van der Waals surface area (Å²) < 4.78 is 4.68. The molecule has 0 aromatic heterocycles. The molecular weight excluding hydrogens is 367 g/mol. The van der Waals surface area contributed by atoms with Crippen molar-refractivity contribution in [3.8, 4) is 0 Å². The second kappa shape index (κ2) is 7.06. The number of nitrogens with one attached hydrogen (secondary N) is 1. The fourth-order valence-electron chi connectivity index (χ4n) is 2.96. The lowest BCUT2D eigenvalue weighted by Gasteiger charge is -2.38. The molecule has 1 saturated heterocycles. The standard InChI is InChI=1S/C17H16Cl2N2O4/c1-25-17(24)9-2-3-12(4-9)20-15(22)14-8-21(16(14)23)13-6-10(18)5-11(19)7-13/h2-3,5-7,9,12,14H,4,8H2,1H3,(H,20,22)/t9-,12+,14?/m1/s1. The molecule has 2 aliphatic rings. The summed E-state index contributed by atoms with van der Waals surface area (Å²) in [5.41, 5.74) is 0.568. The maximum Gasteiger partial charge on any atom is 0.312 e.